The summed E-state index contributed by atoms with van der Waals surface area (Å²) >= 11 is 0. The lowest BCUT2D eigenvalue weighted by atomic mass is 9.88. The van der Waals surface area contributed by atoms with Crippen molar-refractivity contribution in [3.05, 3.63) is 96.3 Å². The van der Waals surface area contributed by atoms with E-state index in [-0.39, 0.29) is 23.5 Å². The molecule has 1 unspecified atom stereocenters. The molecule has 2 aromatic carbocycles. The molecule has 3 aliphatic rings. The second kappa shape index (κ2) is 12.8. The van der Waals surface area contributed by atoms with Gasteiger partial charge in [-0.3, -0.25) is 0 Å². The number of amides is 1. The fourth-order valence-corrected chi connectivity index (χ4v) is 7.76. The van der Waals surface area contributed by atoms with Crippen molar-refractivity contribution >= 4 is 28.7 Å². The Morgan fingerprint density at radius 1 is 0.792 bits per heavy atom. The molecule has 0 spiro atoms. The lowest BCUT2D eigenvalue weighted by molar-refractivity contribution is -0.393. The number of pyridine rings is 1. The van der Waals surface area contributed by atoms with Gasteiger partial charge < -0.3 is 24.6 Å². The van der Waals surface area contributed by atoms with Crippen molar-refractivity contribution in [2.75, 3.05) is 31.1 Å². The van der Waals surface area contributed by atoms with Gasteiger partial charge in [-0.25, -0.2) is 9.78 Å². The average Bonchev–Trinajstić information content (AvgIpc) is 3.56. The molecule has 48 heavy (non-hydrogen) atoms. The molecule has 1 amide bonds. The van der Waals surface area contributed by atoms with Crippen molar-refractivity contribution in [2.45, 2.75) is 56.4 Å². The zero-order valence-corrected chi connectivity index (χ0v) is 26.9. The summed E-state index contributed by atoms with van der Waals surface area (Å²) in [7, 11) is 0. The highest BCUT2D eigenvalue weighted by Gasteiger charge is 2.32. The zero-order chi connectivity index (χ0) is 32.6. The highest BCUT2D eigenvalue weighted by Crippen LogP contribution is 2.33. The fourth-order valence-electron chi connectivity index (χ4n) is 7.76. The lowest BCUT2D eigenvalue weighted by Gasteiger charge is -2.42. The van der Waals surface area contributed by atoms with Crippen LogP contribution in [0.5, 0.6) is 5.75 Å². The number of nitrogens with one attached hydrogen (secondary N) is 1. The summed E-state index contributed by atoms with van der Waals surface area (Å²) in [6.07, 6.45) is 9.50. The van der Waals surface area contributed by atoms with Crippen molar-refractivity contribution in [3.8, 4) is 22.7 Å². The van der Waals surface area contributed by atoms with Gasteiger partial charge in [0.2, 0.25) is 0 Å². The maximum atomic E-state index is 11.5. The van der Waals surface area contributed by atoms with Gasteiger partial charge in [0, 0.05) is 42.8 Å². The molecule has 0 radical (unpaired) electrons. The number of phenolic OH excluding ortho intramolecular Hbond substituents is 1. The highest BCUT2D eigenvalue weighted by molar-refractivity contribution is 5.84. The first-order chi connectivity index (χ1) is 23.5. The van der Waals surface area contributed by atoms with Crippen LogP contribution in [0.15, 0.2) is 85.2 Å². The number of para-hydroxylation sites is 1. The molecule has 5 aromatic rings. The first-order valence-electron chi connectivity index (χ1n) is 17.0. The minimum absolute atomic E-state index is 0.0322. The van der Waals surface area contributed by atoms with Gasteiger partial charge in [0.05, 0.1) is 17.6 Å². The number of aromatic nitrogens is 4. The molecule has 3 aliphatic heterocycles. The molecule has 3 N–H and O–H groups in total. The summed E-state index contributed by atoms with van der Waals surface area (Å²) in [4.78, 5) is 23.9. The Hall–Kier alpha value is -5.09. The molecule has 6 heterocycles. The topological polar surface area (TPSA) is 122 Å². The van der Waals surface area contributed by atoms with Crippen LogP contribution in [0.25, 0.3) is 28.0 Å². The second-order valence-electron chi connectivity index (χ2n) is 13.3. The molecular weight excluding hydrogens is 602 g/mol. The van der Waals surface area contributed by atoms with Crippen LogP contribution in [-0.4, -0.2) is 78.9 Å². The number of hydrogen-bond acceptors (Lipinski definition) is 7. The summed E-state index contributed by atoms with van der Waals surface area (Å²) in [6, 6.07) is 24.8. The zero-order valence-electron chi connectivity index (χ0n) is 26.9. The van der Waals surface area contributed by atoms with Crippen LogP contribution in [0.3, 0.4) is 0 Å². The van der Waals surface area contributed by atoms with Gasteiger partial charge in [-0.1, -0.05) is 30.3 Å². The van der Waals surface area contributed by atoms with Crippen LogP contribution < -0.4 is 9.89 Å². The second-order valence-corrected chi connectivity index (χ2v) is 13.3. The Balaban J connectivity index is 0.859. The molecule has 1 atom stereocenters. The van der Waals surface area contributed by atoms with E-state index in [1.165, 1.54) is 18.4 Å². The number of hydrogen-bond donors (Lipinski definition) is 3. The maximum Gasteiger partial charge on any atom is 0.388 e. The quantitative estimate of drug-likeness (QED) is 0.248. The normalized spacial score (nSPS) is 19.9. The van der Waals surface area contributed by atoms with E-state index in [9.17, 15) is 15.0 Å². The molecule has 10 nitrogen and oxygen atoms in total. The monoisotopic (exact) mass is 642 g/mol. The van der Waals surface area contributed by atoms with Crippen LogP contribution in [-0.2, 0) is 4.79 Å². The minimum Gasteiger partial charge on any atom is -0.507 e. The number of fused-ring (bicyclic) bond motifs is 1. The summed E-state index contributed by atoms with van der Waals surface area (Å²) in [6.45, 7) is 4.22. The van der Waals surface area contributed by atoms with Crippen molar-refractivity contribution in [3.63, 3.8) is 0 Å². The smallest absolute Gasteiger partial charge is 0.388 e. The van der Waals surface area contributed by atoms with E-state index < -0.39 is 0 Å². The predicted octanol–water partition coefficient (Wildman–Crippen LogP) is 4.48. The molecule has 2 saturated heterocycles. The number of aliphatic hydroxyl groups excluding tert-OH is 1. The number of aliphatic hydroxyl groups is 1. The van der Waals surface area contributed by atoms with Gasteiger partial charge >= 0.3 is 11.8 Å². The summed E-state index contributed by atoms with van der Waals surface area (Å²) < 4.78 is 2.14. The molecule has 0 aliphatic carbocycles. The Morgan fingerprint density at radius 3 is 2.29 bits per heavy atom. The van der Waals surface area contributed by atoms with Crippen LogP contribution in [0.1, 0.15) is 61.5 Å². The van der Waals surface area contributed by atoms with E-state index in [0.717, 1.165) is 67.1 Å². The van der Waals surface area contributed by atoms with E-state index in [1.54, 1.807) is 12.1 Å². The number of anilines is 1. The van der Waals surface area contributed by atoms with Crippen molar-refractivity contribution in [2.24, 2.45) is 0 Å². The van der Waals surface area contributed by atoms with E-state index in [4.69, 9.17) is 4.98 Å². The number of piperidine rings is 2. The molecular formula is C38H40N7O3+. The number of carbonyl (C=O) groups excluding carboxylic acids is 1. The molecule has 0 saturated carbocycles. The first-order valence-corrected chi connectivity index (χ1v) is 17.0. The van der Waals surface area contributed by atoms with E-state index >= 15 is 0 Å². The molecule has 0 bridgehead atoms. The van der Waals surface area contributed by atoms with Crippen molar-refractivity contribution < 1.29 is 20.0 Å². The predicted molar refractivity (Wildman–Crippen MR) is 185 cm³/mol. The van der Waals surface area contributed by atoms with Gasteiger partial charge in [-0.2, -0.15) is 0 Å². The van der Waals surface area contributed by atoms with Gasteiger partial charge in [0.1, 0.15) is 23.0 Å². The third-order valence-corrected chi connectivity index (χ3v) is 10.5. The largest absolute Gasteiger partial charge is 0.507 e. The van der Waals surface area contributed by atoms with Crippen molar-refractivity contribution in [1.29, 1.82) is 0 Å². The Bertz CT molecular complexity index is 1950. The van der Waals surface area contributed by atoms with Gasteiger partial charge in [-0.05, 0) is 105 Å². The molecule has 2 fully saturated rings. The number of nitrogens with zero attached hydrogens (tertiary/aromatic N) is 6. The Labute approximate surface area is 279 Å². The number of aromatic hydroxyl groups is 1. The standard InChI is InChI=1S/C38H39N7O3/c46-35-4-2-1-3-31(35)33-23-34-32(41-42-33)17-22-45(34)29-8-5-25(6-9-29)26-13-18-43(19-14-26)28-15-20-44(21-16-28)36-11-7-27(24-39-36)30-10-12-37(47)40-38(30)48/h1-9,11,17,22-24,26,28,30,46H,10,12-16,18-21H2,(H,40,47,48)/p+1. The molecule has 244 valence electrons. The van der Waals surface area contributed by atoms with Crippen LogP contribution in [0.2, 0.25) is 0 Å². The van der Waals surface area contributed by atoms with Gasteiger partial charge in [0.15, 0.2) is 0 Å². The van der Waals surface area contributed by atoms with Crippen LogP contribution in [0, 0.1) is 0 Å². The molecule has 3 aromatic heterocycles. The first kappa shape index (κ1) is 30.3. The fraction of sp³-hybridized carbons (Fsp3) is 0.342. The van der Waals surface area contributed by atoms with E-state index in [2.05, 4.69) is 59.9 Å². The Morgan fingerprint density at radius 2 is 1.56 bits per heavy atom. The number of carbonyl (C=O) groups is 1. The average molecular weight is 643 g/mol. The number of rotatable bonds is 6. The van der Waals surface area contributed by atoms with Crippen molar-refractivity contribution in [1.82, 2.24) is 24.6 Å². The number of benzene rings is 2. The number of phenols is 1. The molecule has 10 heteroatoms. The summed E-state index contributed by atoms with van der Waals surface area (Å²) in [5.41, 5.74) is 6.51. The SMILES string of the molecule is O=C1CCC(c2ccc(N3CCC(N4CCC(c5ccc(-n6ccc7nnc(-c8ccccc8O)cc76)cc5)CC4)CC3)nc2)C(O)=[NH+]1. The summed E-state index contributed by atoms with van der Waals surface area (Å²) in [5, 5.41) is 29.3. The van der Waals surface area contributed by atoms with E-state index in [1.807, 2.05) is 42.7 Å². The lowest BCUT2D eigenvalue weighted by Crippen LogP contribution is -2.80. The number of likely N-dealkylation sites (tertiary alicyclic amines) is 1. The van der Waals surface area contributed by atoms with Crippen LogP contribution >= 0.6 is 0 Å². The maximum absolute atomic E-state index is 11.5. The molecule has 8 rings (SSSR count). The summed E-state index contributed by atoms with van der Waals surface area (Å²) in [5.74, 6) is 1.46. The minimum atomic E-state index is -0.184. The van der Waals surface area contributed by atoms with Crippen LogP contribution in [0.4, 0.5) is 5.82 Å². The third-order valence-electron chi connectivity index (χ3n) is 10.5. The third kappa shape index (κ3) is 5.92. The van der Waals surface area contributed by atoms with E-state index in [0.29, 0.717) is 36.1 Å². The highest BCUT2D eigenvalue weighted by atomic mass is 16.3. The van der Waals surface area contributed by atoms with Gasteiger partial charge in [0.25, 0.3) is 0 Å². The Kier molecular flexibility index (Phi) is 8.09. The van der Waals surface area contributed by atoms with Gasteiger partial charge in [-0.15, -0.1) is 15.2 Å².